The number of aromatic nitrogens is 5. The van der Waals surface area contributed by atoms with E-state index >= 15 is 0 Å². The number of fused-ring (bicyclic) bond motifs is 2. The van der Waals surface area contributed by atoms with Gasteiger partial charge >= 0.3 is 6.18 Å². The lowest BCUT2D eigenvalue weighted by Crippen LogP contribution is -2.40. The van der Waals surface area contributed by atoms with E-state index in [1.54, 1.807) is 11.3 Å². The van der Waals surface area contributed by atoms with Crippen molar-refractivity contribution < 1.29 is 18.3 Å². The molecule has 0 radical (unpaired) electrons. The molecule has 1 N–H and O–H groups in total. The van der Waals surface area contributed by atoms with E-state index in [4.69, 9.17) is 9.97 Å². The number of alkyl halides is 3. The van der Waals surface area contributed by atoms with Crippen molar-refractivity contribution in [3.63, 3.8) is 0 Å². The van der Waals surface area contributed by atoms with Crippen molar-refractivity contribution in [2.24, 2.45) is 5.92 Å². The maximum Gasteiger partial charge on any atom is 0.451 e. The van der Waals surface area contributed by atoms with Crippen LogP contribution in [0.1, 0.15) is 56.1 Å². The van der Waals surface area contributed by atoms with Crippen LogP contribution >= 0.6 is 11.3 Å². The largest absolute Gasteiger partial charge is 0.451 e. The van der Waals surface area contributed by atoms with Crippen LogP contribution in [0.15, 0.2) is 6.07 Å². The normalized spacial score (nSPS) is 19.1. The summed E-state index contributed by atoms with van der Waals surface area (Å²) in [5, 5.41) is 19.1. The summed E-state index contributed by atoms with van der Waals surface area (Å²) in [6.07, 6.45) is -0.160. The third kappa shape index (κ3) is 5.32. The summed E-state index contributed by atoms with van der Waals surface area (Å²) in [4.78, 5) is 18.1. The molecule has 9 nitrogen and oxygen atoms in total. The fraction of sp³-hybridized carbons (Fsp3) is 0.680. The van der Waals surface area contributed by atoms with E-state index in [1.165, 1.54) is 4.88 Å². The maximum absolute atomic E-state index is 13.4. The Morgan fingerprint density at radius 3 is 2.68 bits per heavy atom. The van der Waals surface area contributed by atoms with Crippen molar-refractivity contribution in [2.75, 3.05) is 43.0 Å². The van der Waals surface area contributed by atoms with Crippen LogP contribution in [0.2, 0.25) is 0 Å². The lowest BCUT2D eigenvalue weighted by Gasteiger charge is -2.30. The molecule has 5 rings (SSSR count). The molecule has 13 heteroatoms. The van der Waals surface area contributed by atoms with E-state index in [-0.39, 0.29) is 24.8 Å². The van der Waals surface area contributed by atoms with Crippen LogP contribution in [-0.2, 0) is 25.7 Å². The number of hydrogen-bond acceptors (Lipinski definition) is 9. The van der Waals surface area contributed by atoms with E-state index in [1.807, 2.05) is 16.8 Å². The molecular formula is C25H35F3N8OS. The molecule has 2 aliphatic heterocycles. The van der Waals surface area contributed by atoms with Crippen LogP contribution in [0.25, 0.3) is 10.2 Å². The van der Waals surface area contributed by atoms with Crippen LogP contribution in [0.4, 0.5) is 24.9 Å². The summed E-state index contributed by atoms with van der Waals surface area (Å²) in [6, 6.07) is 2.11. The van der Waals surface area contributed by atoms with Gasteiger partial charge in [-0.25, -0.2) is 4.98 Å². The fourth-order valence-corrected chi connectivity index (χ4v) is 6.48. The highest BCUT2D eigenvalue weighted by Crippen LogP contribution is 2.37. The minimum atomic E-state index is -4.54. The Bertz CT molecular complexity index is 1260. The SMILES string of the molecule is CCCCN(C)C(O)[C@H]1CCN(c2nc(N3CCn4c(nnc4C(F)(F)F)C3)c3cc(CCC)sc3n2)C1. The first-order valence-electron chi connectivity index (χ1n) is 13.4. The highest BCUT2D eigenvalue weighted by Gasteiger charge is 2.40. The van der Waals surface area contributed by atoms with Gasteiger partial charge in [0.15, 0.2) is 5.82 Å². The number of nitrogens with zero attached hydrogens (tertiary/aromatic N) is 8. The van der Waals surface area contributed by atoms with Gasteiger partial charge in [-0.2, -0.15) is 18.2 Å². The van der Waals surface area contributed by atoms with Gasteiger partial charge in [-0.3, -0.25) is 4.90 Å². The first kappa shape index (κ1) is 27.1. The Balaban J connectivity index is 1.43. The van der Waals surface area contributed by atoms with E-state index in [0.717, 1.165) is 65.8 Å². The van der Waals surface area contributed by atoms with Crippen LogP contribution in [0, 0.1) is 5.92 Å². The first-order valence-corrected chi connectivity index (χ1v) is 14.2. The third-order valence-electron chi connectivity index (χ3n) is 7.46. The van der Waals surface area contributed by atoms with Gasteiger partial charge in [-0.15, -0.1) is 21.5 Å². The standard InChI is InChI=1S/C25H35F3N8OS/c1-4-6-9-33(3)22(37)16-8-10-35(14-16)24-29-20(18-13-17(7-5-2)38-21(18)30-24)34-11-12-36-19(15-34)31-32-23(36)25(26,27)28/h13,16,22,37H,4-12,14-15H2,1-3H3/t16-,22?/m0/s1. The molecule has 208 valence electrons. The minimum absolute atomic E-state index is 0.0907. The Morgan fingerprint density at radius 2 is 1.95 bits per heavy atom. The lowest BCUT2D eigenvalue weighted by molar-refractivity contribution is -0.147. The number of halogens is 3. The highest BCUT2D eigenvalue weighted by molar-refractivity contribution is 7.18. The Morgan fingerprint density at radius 1 is 1.13 bits per heavy atom. The van der Waals surface area contributed by atoms with Gasteiger partial charge in [0.2, 0.25) is 11.8 Å². The van der Waals surface area contributed by atoms with Crippen LogP contribution in [0.5, 0.6) is 0 Å². The Labute approximate surface area is 224 Å². The van der Waals surface area contributed by atoms with Crippen LogP contribution < -0.4 is 9.80 Å². The molecule has 3 aromatic rings. The third-order valence-corrected chi connectivity index (χ3v) is 8.55. The summed E-state index contributed by atoms with van der Waals surface area (Å²) >= 11 is 1.64. The molecule has 0 spiro atoms. The molecule has 0 saturated carbocycles. The molecular weight excluding hydrogens is 517 g/mol. The average molecular weight is 553 g/mol. The highest BCUT2D eigenvalue weighted by atomic mass is 32.1. The molecule has 0 amide bonds. The molecule has 2 atom stereocenters. The topological polar surface area (TPSA) is 86.4 Å². The number of rotatable bonds is 9. The number of thiophene rings is 1. The van der Waals surface area contributed by atoms with Crippen LogP contribution in [-0.4, -0.2) is 74.2 Å². The summed E-state index contributed by atoms with van der Waals surface area (Å²) in [7, 11) is 1.96. The number of aliphatic hydroxyl groups excluding tert-OH is 1. The average Bonchev–Trinajstić information content (AvgIpc) is 3.63. The monoisotopic (exact) mass is 552 g/mol. The number of unbranched alkanes of at least 4 members (excludes halogenated alkanes) is 1. The molecule has 3 aromatic heterocycles. The number of aliphatic hydroxyl groups is 1. The Kier molecular flexibility index (Phi) is 7.79. The summed E-state index contributed by atoms with van der Waals surface area (Å²) in [6.45, 7) is 7.20. The molecule has 1 saturated heterocycles. The van der Waals surface area contributed by atoms with E-state index in [0.29, 0.717) is 19.0 Å². The van der Waals surface area contributed by atoms with Gasteiger partial charge in [-0.05, 0) is 32.4 Å². The number of anilines is 2. The summed E-state index contributed by atoms with van der Waals surface area (Å²) < 4.78 is 41.2. The maximum atomic E-state index is 13.4. The second kappa shape index (κ2) is 10.9. The molecule has 0 aliphatic carbocycles. The van der Waals surface area contributed by atoms with Gasteiger partial charge in [0, 0.05) is 43.5 Å². The zero-order valence-corrected chi connectivity index (χ0v) is 22.9. The van der Waals surface area contributed by atoms with Crippen molar-refractivity contribution >= 4 is 33.3 Å². The second-order valence-corrected chi connectivity index (χ2v) is 11.4. The quantitative estimate of drug-likeness (QED) is 0.397. The molecule has 1 fully saturated rings. The van der Waals surface area contributed by atoms with E-state index in [9.17, 15) is 18.3 Å². The van der Waals surface area contributed by atoms with Gasteiger partial charge in [-0.1, -0.05) is 26.7 Å². The molecule has 38 heavy (non-hydrogen) atoms. The first-order chi connectivity index (χ1) is 18.2. The van der Waals surface area contributed by atoms with Crippen molar-refractivity contribution in [3.8, 4) is 0 Å². The fourth-order valence-electron chi connectivity index (χ4n) is 5.36. The van der Waals surface area contributed by atoms with Crippen molar-refractivity contribution in [2.45, 2.75) is 71.4 Å². The predicted octanol–water partition coefficient (Wildman–Crippen LogP) is 4.15. The van der Waals surface area contributed by atoms with Crippen LogP contribution in [0.3, 0.4) is 0 Å². The minimum Gasteiger partial charge on any atom is -0.378 e. The van der Waals surface area contributed by atoms with Gasteiger partial charge in [0.25, 0.3) is 0 Å². The lowest BCUT2D eigenvalue weighted by atomic mass is 10.1. The summed E-state index contributed by atoms with van der Waals surface area (Å²) in [5.74, 6) is 0.738. The van der Waals surface area contributed by atoms with E-state index < -0.39 is 18.2 Å². The number of aryl methyl sites for hydroxylation is 1. The smallest absolute Gasteiger partial charge is 0.378 e. The van der Waals surface area contributed by atoms with Crippen molar-refractivity contribution in [1.82, 2.24) is 29.6 Å². The molecule has 0 aromatic carbocycles. The Hall–Kier alpha value is -2.51. The number of hydrogen-bond donors (Lipinski definition) is 1. The zero-order valence-electron chi connectivity index (χ0n) is 22.1. The van der Waals surface area contributed by atoms with Crippen molar-refractivity contribution in [1.29, 1.82) is 0 Å². The molecule has 0 bridgehead atoms. The van der Waals surface area contributed by atoms with Gasteiger partial charge < -0.3 is 19.5 Å². The zero-order chi connectivity index (χ0) is 27.0. The van der Waals surface area contributed by atoms with Crippen molar-refractivity contribution in [3.05, 3.63) is 22.6 Å². The second-order valence-electron chi connectivity index (χ2n) is 10.3. The molecule has 5 heterocycles. The van der Waals surface area contributed by atoms with Gasteiger partial charge in [0.05, 0.1) is 11.9 Å². The molecule has 1 unspecified atom stereocenters. The predicted molar refractivity (Wildman–Crippen MR) is 141 cm³/mol. The van der Waals surface area contributed by atoms with E-state index in [2.05, 4.69) is 35.0 Å². The molecule has 2 aliphatic rings. The summed E-state index contributed by atoms with van der Waals surface area (Å²) in [5.41, 5.74) is 0. The van der Waals surface area contributed by atoms with Gasteiger partial charge in [0.1, 0.15) is 16.9 Å².